The molecule has 15 heavy (non-hydrogen) atoms. The van der Waals surface area contributed by atoms with E-state index in [9.17, 15) is 13.2 Å². The molecule has 0 amide bonds. The highest BCUT2D eigenvalue weighted by Crippen LogP contribution is 1.91. The van der Waals surface area contributed by atoms with Crippen molar-refractivity contribution in [3.05, 3.63) is 30.1 Å². The maximum Gasteiger partial charge on any atom is 0.265 e. The van der Waals surface area contributed by atoms with Crippen LogP contribution in [0.1, 0.15) is 16.9 Å². The molecule has 1 N–H and O–H groups in total. The van der Waals surface area contributed by atoms with Crippen LogP contribution in [-0.4, -0.2) is 25.0 Å². The van der Waals surface area contributed by atoms with Crippen molar-refractivity contribution in [2.45, 2.75) is 13.0 Å². The van der Waals surface area contributed by atoms with Gasteiger partial charge in [-0.2, -0.15) is 13.0 Å². The van der Waals surface area contributed by atoms with E-state index in [2.05, 4.69) is 0 Å². The standard InChI is InChI=1S/C9H11NO4S/c11-8-9-4-1-2-5-10(9)6-3-7-15(12,13)14/h1-2,4-5,8H,3,6-7H2/p+1. The van der Waals surface area contributed by atoms with Gasteiger partial charge in [0, 0.05) is 18.6 Å². The first-order valence-electron chi connectivity index (χ1n) is 4.42. The van der Waals surface area contributed by atoms with Crippen LogP contribution >= 0.6 is 0 Å². The van der Waals surface area contributed by atoms with E-state index in [1.165, 1.54) is 0 Å². The normalized spacial score (nSPS) is 11.3. The van der Waals surface area contributed by atoms with Crippen molar-refractivity contribution in [2.24, 2.45) is 0 Å². The van der Waals surface area contributed by atoms with Gasteiger partial charge in [-0.3, -0.25) is 9.35 Å². The van der Waals surface area contributed by atoms with Gasteiger partial charge in [-0.25, -0.2) is 0 Å². The molecule has 0 saturated heterocycles. The van der Waals surface area contributed by atoms with Crippen molar-refractivity contribution in [2.75, 3.05) is 5.75 Å². The minimum absolute atomic E-state index is 0.272. The molecular formula is C9H12NO4S+. The molecule has 6 heteroatoms. The molecule has 1 aromatic heterocycles. The van der Waals surface area contributed by atoms with Gasteiger partial charge in [-0.05, 0) is 6.07 Å². The fraction of sp³-hybridized carbons (Fsp3) is 0.333. The van der Waals surface area contributed by atoms with Crippen LogP contribution in [0.25, 0.3) is 0 Å². The van der Waals surface area contributed by atoms with Crippen LogP contribution < -0.4 is 4.57 Å². The van der Waals surface area contributed by atoms with Crippen LogP contribution in [0.3, 0.4) is 0 Å². The highest BCUT2D eigenvalue weighted by Gasteiger charge is 2.10. The number of nitrogens with zero attached hydrogens (tertiary/aromatic N) is 1. The smallest absolute Gasteiger partial charge is 0.265 e. The van der Waals surface area contributed by atoms with Gasteiger partial charge in [0.2, 0.25) is 12.0 Å². The molecule has 82 valence electrons. The maximum atomic E-state index is 10.6. The Morgan fingerprint density at radius 3 is 2.73 bits per heavy atom. The first-order valence-corrected chi connectivity index (χ1v) is 6.02. The number of aldehydes is 1. The first kappa shape index (κ1) is 11.8. The van der Waals surface area contributed by atoms with Crippen molar-refractivity contribution in [1.82, 2.24) is 0 Å². The molecule has 0 aliphatic heterocycles. The van der Waals surface area contributed by atoms with Gasteiger partial charge in [0.05, 0.1) is 5.75 Å². The highest BCUT2D eigenvalue weighted by molar-refractivity contribution is 7.85. The molecule has 0 aliphatic rings. The average Bonchev–Trinajstić information content (AvgIpc) is 2.16. The summed E-state index contributed by atoms with van der Waals surface area (Å²) in [6.07, 6.45) is 2.66. The molecule has 0 unspecified atom stereocenters. The third-order valence-corrected chi connectivity index (χ3v) is 2.70. The predicted molar refractivity (Wildman–Crippen MR) is 53.1 cm³/mol. The molecule has 5 nitrogen and oxygen atoms in total. The summed E-state index contributed by atoms with van der Waals surface area (Å²) >= 11 is 0. The number of hydrogen-bond donors (Lipinski definition) is 1. The van der Waals surface area contributed by atoms with E-state index in [0.29, 0.717) is 18.5 Å². The molecular weight excluding hydrogens is 218 g/mol. The lowest BCUT2D eigenvalue weighted by Gasteiger charge is -1.98. The van der Waals surface area contributed by atoms with E-state index in [1.54, 1.807) is 29.0 Å². The van der Waals surface area contributed by atoms with Gasteiger partial charge in [-0.15, -0.1) is 0 Å². The van der Waals surface area contributed by atoms with Crippen molar-refractivity contribution >= 4 is 16.4 Å². The molecule has 1 heterocycles. The lowest BCUT2D eigenvalue weighted by molar-refractivity contribution is -0.698. The van der Waals surface area contributed by atoms with Crippen molar-refractivity contribution < 1.29 is 22.3 Å². The van der Waals surface area contributed by atoms with Crippen LogP contribution in [0.5, 0.6) is 0 Å². The molecule has 0 atom stereocenters. The monoisotopic (exact) mass is 230 g/mol. The van der Waals surface area contributed by atoms with Crippen LogP contribution in [0.15, 0.2) is 24.4 Å². The Labute approximate surface area is 88.1 Å². The zero-order valence-corrected chi connectivity index (χ0v) is 8.85. The Kier molecular flexibility index (Phi) is 3.93. The van der Waals surface area contributed by atoms with E-state index in [4.69, 9.17) is 4.55 Å². The Balaban J connectivity index is 2.61. The summed E-state index contributed by atoms with van der Waals surface area (Å²) in [6.45, 7) is 0.384. The number of rotatable bonds is 5. The highest BCUT2D eigenvalue weighted by atomic mass is 32.2. The van der Waals surface area contributed by atoms with E-state index in [0.717, 1.165) is 0 Å². The van der Waals surface area contributed by atoms with Crippen LogP contribution in [0.2, 0.25) is 0 Å². The fourth-order valence-corrected chi connectivity index (χ4v) is 1.71. The maximum absolute atomic E-state index is 10.6. The molecule has 1 aromatic rings. The van der Waals surface area contributed by atoms with Crippen LogP contribution in [0, 0.1) is 0 Å². The third kappa shape index (κ3) is 4.18. The molecule has 0 aliphatic carbocycles. The van der Waals surface area contributed by atoms with Crippen molar-refractivity contribution in [1.29, 1.82) is 0 Å². The van der Waals surface area contributed by atoms with E-state index < -0.39 is 10.1 Å². The Hall–Kier alpha value is -1.27. The third-order valence-electron chi connectivity index (χ3n) is 1.90. The molecule has 0 bridgehead atoms. The summed E-state index contributed by atoms with van der Waals surface area (Å²) in [5.41, 5.74) is 0.479. The van der Waals surface area contributed by atoms with E-state index >= 15 is 0 Å². The lowest BCUT2D eigenvalue weighted by Crippen LogP contribution is -2.38. The summed E-state index contributed by atoms with van der Waals surface area (Å²) in [7, 11) is -3.92. The summed E-state index contributed by atoms with van der Waals surface area (Å²) in [5, 5.41) is 0. The number of pyridine rings is 1. The number of carbonyl (C=O) groups excluding carboxylic acids is 1. The molecule has 0 fully saturated rings. The second-order valence-electron chi connectivity index (χ2n) is 3.08. The van der Waals surface area contributed by atoms with Gasteiger partial charge < -0.3 is 0 Å². The minimum Gasteiger partial charge on any atom is -0.291 e. The predicted octanol–water partition coefficient (Wildman–Crippen LogP) is 0.0645. The molecule has 0 radical (unpaired) electrons. The van der Waals surface area contributed by atoms with Crippen LogP contribution in [-0.2, 0) is 16.7 Å². The lowest BCUT2D eigenvalue weighted by atomic mass is 10.3. The van der Waals surface area contributed by atoms with Gasteiger partial charge in [0.25, 0.3) is 10.1 Å². The number of carbonyl (C=O) groups is 1. The first-order chi connectivity index (χ1) is 7.03. The van der Waals surface area contributed by atoms with Gasteiger partial charge >= 0.3 is 0 Å². The summed E-state index contributed by atoms with van der Waals surface area (Å²) in [5.74, 6) is -0.298. The van der Waals surface area contributed by atoms with Crippen LogP contribution in [0.4, 0.5) is 0 Å². The van der Waals surface area contributed by atoms with Gasteiger partial charge in [0.15, 0.2) is 6.20 Å². The average molecular weight is 230 g/mol. The van der Waals surface area contributed by atoms with E-state index in [1.807, 2.05) is 0 Å². The van der Waals surface area contributed by atoms with Gasteiger partial charge in [-0.1, -0.05) is 0 Å². The number of aromatic nitrogens is 1. The topological polar surface area (TPSA) is 75.3 Å². The molecule has 1 rings (SSSR count). The molecule has 0 aromatic carbocycles. The fourth-order valence-electron chi connectivity index (χ4n) is 1.22. The van der Waals surface area contributed by atoms with E-state index in [-0.39, 0.29) is 12.2 Å². The zero-order chi connectivity index (χ0) is 11.3. The SMILES string of the molecule is O=Cc1cccc[n+]1CCCS(=O)(=O)O. The Morgan fingerprint density at radius 1 is 1.40 bits per heavy atom. The second kappa shape index (κ2) is 4.99. The summed E-state index contributed by atoms with van der Waals surface area (Å²) < 4.78 is 31.1. The summed E-state index contributed by atoms with van der Waals surface area (Å²) in [6, 6.07) is 5.11. The molecule has 0 spiro atoms. The Morgan fingerprint density at radius 2 is 2.13 bits per heavy atom. The van der Waals surface area contributed by atoms with Crippen molar-refractivity contribution in [3.8, 4) is 0 Å². The minimum atomic E-state index is -3.92. The van der Waals surface area contributed by atoms with Crippen molar-refractivity contribution in [3.63, 3.8) is 0 Å². The largest absolute Gasteiger partial charge is 0.291 e. The summed E-state index contributed by atoms with van der Waals surface area (Å²) in [4.78, 5) is 10.6. The Bertz CT molecular complexity index is 441. The quantitative estimate of drug-likeness (QED) is 0.441. The van der Waals surface area contributed by atoms with Gasteiger partial charge in [0.1, 0.15) is 6.54 Å². The zero-order valence-electron chi connectivity index (χ0n) is 8.04. The number of hydrogen-bond acceptors (Lipinski definition) is 3. The molecule has 0 saturated carbocycles. The second-order valence-corrected chi connectivity index (χ2v) is 4.65. The number of aryl methyl sites for hydroxylation is 1.